The third kappa shape index (κ3) is 3.20. The summed E-state index contributed by atoms with van der Waals surface area (Å²) in [4.78, 5) is 24.6. The largest absolute Gasteiger partial charge is 0.444 e. The van der Waals surface area contributed by atoms with Crippen molar-refractivity contribution in [3.05, 3.63) is 0 Å². The minimum absolute atomic E-state index is 0.0428. The molecule has 0 unspecified atom stereocenters. The molecular formula is C11H20N2O3. The minimum atomic E-state index is -0.550. The molecular weight excluding hydrogens is 208 g/mol. The molecule has 1 fully saturated rings. The van der Waals surface area contributed by atoms with Gasteiger partial charge in [0, 0.05) is 12.6 Å². The number of ketones is 1. The molecule has 5 heteroatoms. The van der Waals surface area contributed by atoms with E-state index >= 15 is 0 Å². The molecule has 0 bridgehead atoms. The van der Waals surface area contributed by atoms with Gasteiger partial charge in [-0.2, -0.15) is 0 Å². The Labute approximate surface area is 95.9 Å². The number of carbonyl (C=O) groups is 2. The number of nitrogens with zero attached hydrogens (tertiary/aromatic N) is 1. The lowest BCUT2D eigenvalue weighted by atomic mass is 10.1. The number of rotatable bonds is 1. The Morgan fingerprint density at radius 3 is 2.38 bits per heavy atom. The van der Waals surface area contributed by atoms with Crippen molar-refractivity contribution in [2.75, 3.05) is 6.54 Å². The van der Waals surface area contributed by atoms with Crippen LogP contribution in [0.4, 0.5) is 4.79 Å². The smallest absolute Gasteiger partial charge is 0.410 e. The van der Waals surface area contributed by atoms with E-state index in [2.05, 4.69) is 0 Å². The predicted molar refractivity (Wildman–Crippen MR) is 60.0 cm³/mol. The number of nitrogens with two attached hydrogens (primary N) is 1. The molecule has 0 aromatic carbocycles. The van der Waals surface area contributed by atoms with E-state index in [1.165, 1.54) is 11.8 Å². The zero-order valence-corrected chi connectivity index (χ0v) is 10.3. The van der Waals surface area contributed by atoms with Gasteiger partial charge < -0.3 is 10.5 Å². The van der Waals surface area contributed by atoms with E-state index in [0.717, 1.165) is 0 Å². The first kappa shape index (κ1) is 13.0. The van der Waals surface area contributed by atoms with Gasteiger partial charge in [0.05, 0.1) is 6.04 Å². The molecule has 92 valence electrons. The molecule has 0 aromatic rings. The fourth-order valence-corrected chi connectivity index (χ4v) is 1.78. The highest BCUT2D eigenvalue weighted by molar-refractivity contribution is 5.86. The van der Waals surface area contributed by atoms with Crippen LogP contribution in [-0.4, -0.2) is 41.0 Å². The average Bonchev–Trinajstić information content (AvgIpc) is 2.44. The van der Waals surface area contributed by atoms with Gasteiger partial charge in [0.15, 0.2) is 5.78 Å². The molecule has 1 aliphatic rings. The molecule has 5 nitrogen and oxygen atoms in total. The topological polar surface area (TPSA) is 72.6 Å². The molecule has 0 spiro atoms. The number of ether oxygens (including phenoxy) is 1. The molecule has 1 amide bonds. The van der Waals surface area contributed by atoms with Crippen molar-refractivity contribution < 1.29 is 14.3 Å². The molecule has 0 aromatic heterocycles. The van der Waals surface area contributed by atoms with Crippen molar-refractivity contribution in [1.82, 2.24) is 4.90 Å². The molecule has 2 atom stereocenters. The summed E-state index contributed by atoms with van der Waals surface area (Å²) >= 11 is 0. The van der Waals surface area contributed by atoms with Gasteiger partial charge in [-0.15, -0.1) is 0 Å². The van der Waals surface area contributed by atoms with Gasteiger partial charge in [0.2, 0.25) is 0 Å². The number of hydrogen-bond donors (Lipinski definition) is 1. The van der Waals surface area contributed by atoms with Crippen LogP contribution in [0.2, 0.25) is 0 Å². The summed E-state index contributed by atoms with van der Waals surface area (Å²) in [6.45, 7) is 7.25. The fraction of sp³-hybridized carbons (Fsp3) is 0.818. The zero-order valence-electron chi connectivity index (χ0n) is 10.3. The first-order valence-electron chi connectivity index (χ1n) is 5.46. The van der Waals surface area contributed by atoms with Crippen LogP contribution in [0.15, 0.2) is 0 Å². The van der Waals surface area contributed by atoms with E-state index < -0.39 is 17.7 Å². The molecule has 2 N–H and O–H groups in total. The number of hydrogen-bond acceptors (Lipinski definition) is 4. The van der Waals surface area contributed by atoms with Crippen LogP contribution in [0, 0.1) is 0 Å². The van der Waals surface area contributed by atoms with Gasteiger partial charge >= 0.3 is 6.09 Å². The van der Waals surface area contributed by atoms with Crippen LogP contribution >= 0.6 is 0 Å². The third-order valence-corrected chi connectivity index (χ3v) is 2.43. The van der Waals surface area contributed by atoms with E-state index in [0.29, 0.717) is 13.0 Å². The zero-order chi connectivity index (χ0) is 12.5. The van der Waals surface area contributed by atoms with Gasteiger partial charge in [0.1, 0.15) is 5.60 Å². The maximum absolute atomic E-state index is 11.8. The fourth-order valence-electron chi connectivity index (χ4n) is 1.78. The van der Waals surface area contributed by atoms with Gasteiger partial charge in [0.25, 0.3) is 0 Å². The number of amides is 1. The summed E-state index contributed by atoms with van der Waals surface area (Å²) in [6.07, 6.45) is 0.0647. The van der Waals surface area contributed by atoms with Crippen molar-refractivity contribution in [2.24, 2.45) is 5.73 Å². The summed E-state index contributed by atoms with van der Waals surface area (Å²) < 4.78 is 5.23. The Balaban J connectivity index is 2.71. The van der Waals surface area contributed by atoms with Gasteiger partial charge in [-0.05, 0) is 34.1 Å². The summed E-state index contributed by atoms with van der Waals surface area (Å²) in [5.74, 6) is -0.0428. The second-order valence-corrected chi connectivity index (χ2v) is 5.25. The monoisotopic (exact) mass is 228 g/mol. The van der Waals surface area contributed by atoms with E-state index in [4.69, 9.17) is 10.5 Å². The molecule has 1 rings (SSSR count). The summed E-state index contributed by atoms with van der Waals surface area (Å²) in [5, 5.41) is 0. The Hall–Kier alpha value is -1.10. The lowest BCUT2D eigenvalue weighted by Crippen LogP contribution is -2.43. The highest BCUT2D eigenvalue weighted by Crippen LogP contribution is 2.20. The molecule has 1 heterocycles. The van der Waals surface area contributed by atoms with Crippen molar-refractivity contribution >= 4 is 11.9 Å². The van der Waals surface area contributed by atoms with Crippen molar-refractivity contribution in [2.45, 2.75) is 51.8 Å². The highest BCUT2D eigenvalue weighted by atomic mass is 16.6. The quantitative estimate of drug-likeness (QED) is 0.724. The summed E-state index contributed by atoms with van der Waals surface area (Å²) in [5.41, 5.74) is 5.20. The SMILES string of the molecule is CC(=O)[C@H]1C[C@H](N)CN1C(=O)OC(C)(C)C. The molecule has 1 saturated heterocycles. The Morgan fingerprint density at radius 2 is 1.94 bits per heavy atom. The standard InChI is InChI=1S/C11H20N2O3/c1-7(14)9-5-8(12)6-13(9)10(15)16-11(2,3)4/h8-9H,5-6,12H2,1-4H3/t8-,9+/m0/s1. The molecule has 16 heavy (non-hydrogen) atoms. The van der Waals surface area contributed by atoms with Crippen LogP contribution < -0.4 is 5.73 Å². The second-order valence-electron chi connectivity index (χ2n) is 5.25. The van der Waals surface area contributed by atoms with Crippen LogP contribution in [0.25, 0.3) is 0 Å². The first-order chi connectivity index (χ1) is 7.20. The van der Waals surface area contributed by atoms with Gasteiger partial charge in [-0.25, -0.2) is 4.79 Å². The van der Waals surface area contributed by atoms with Crippen molar-refractivity contribution in [3.8, 4) is 0 Å². The minimum Gasteiger partial charge on any atom is -0.444 e. The Kier molecular flexibility index (Phi) is 3.57. The number of Topliss-reactive ketones (excluding diaryl/α,β-unsaturated/α-hetero) is 1. The van der Waals surface area contributed by atoms with E-state index in [-0.39, 0.29) is 11.8 Å². The lowest BCUT2D eigenvalue weighted by molar-refractivity contribution is -0.121. The lowest BCUT2D eigenvalue weighted by Gasteiger charge is -2.27. The van der Waals surface area contributed by atoms with E-state index in [1.54, 1.807) is 20.8 Å². The summed E-state index contributed by atoms with van der Waals surface area (Å²) in [7, 11) is 0. The maximum Gasteiger partial charge on any atom is 0.410 e. The molecule has 0 radical (unpaired) electrons. The summed E-state index contributed by atoms with van der Waals surface area (Å²) in [6, 6.07) is -0.564. The van der Waals surface area contributed by atoms with Crippen LogP contribution in [0.5, 0.6) is 0 Å². The predicted octanol–water partition coefficient (Wildman–Crippen LogP) is 0.912. The van der Waals surface area contributed by atoms with E-state index in [9.17, 15) is 9.59 Å². The molecule has 0 aliphatic carbocycles. The van der Waals surface area contributed by atoms with Crippen molar-refractivity contribution in [1.29, 1.82) is 0 Å². The van der Waals surface area contributed by atoms with Crippen LogP contribution in [0.3, 0.4) is 0 Å². The number of likely N-dealkylation sites (tertiary alicyclic amines) is 1. The molecule has 0 saturated carbocycles. The average molecular weight is 228 g/mol. The molecule has 1 aliphatic heterocycles. The normalized spacial score (nSPS) is 25.7. The van der Waals surface area contributed by atoms with Crippen LogP contribution in [0.1, 0.15) is 34.1 Å². The third-order valence-electron chi connectivity index (χ3n) is 2.43. The van der Waals surface area contributed by atoms with Gasteiger partial charge in [-0.1, -0.05) is 0 Å². The Bertz CT molecular complexity index is 296. The first-order valence-corrected chi connectivity index (χ1v) is 5.46. The Morgan fingerprint density at radius 1 is 1.38 bits per heavy atom. The van der Waals surface area contributed by atoms with E-state index in [1.807, 2.05) is 0 Å². The second kappa shape index (κ2) is 4.41. The van der Waals surface area contributed by atoms with Gasteiger partial charge in [-0.3, -0.25) is 9.69 Å². The van der Waals surface area contributed by atoms with Crippen LogP contribution in [-0.2, 0) is 9.53 Å². The van der Waals surface area contributed by atoms with Crippen molar-refractivity contribution in [3.63, 3.8) is 0 Å². The maximum atomic E-state index is 11.8. The highest BCUT2D eigenvalue weighted by Gasteiger charge is 2.38. The number of carbonyl (C=O) groups excluding carboxylic acids is 2.